The molecule has 1 atom stereocenters. The van der Waals surface area contributed by atoms with E-state index in [4.69, 9.17) is 17.2 Å². The van der Waals surface area contributed by atoms with Crippen molar-refractivity contribution in [2.45, 2.75) is 6.42 Å². The zero-order valence-corrected chi connectivity index (χ0v) is 8.96. The highest BCUT2D eigenvalue weighted by molar-refractivity contribution is 5.99. The molecular weight excluding hydrogens is 224 g/mol. The maximum Gasteiger partial charge on any atom is 0.229 e. The summed E-state index contributed by atoms with van der Waals surface area (Å²) in [6.07, 6.45) is 0.0825. The monoisotopic (exact) mass is 236 g/mol. The minimum Gasteiger partial charge on any atom is -0.383 e. The molecule has 2 amide bonds. The maximum absolute atomic E-state index is 11.7. The number of carbonyl (C=O) groups is 2. The Balaban J connectivity index is 2.28. The second-order valence-electron chi connectivity index (χ2n) is 3.82. The van der Waals surface area contributed by atoms with Gasteiger partial charge in [-0.2, -0.15) is 9.97 Å². The van der Waals surface area contributed by atoms with Crippen LogP contribution in [0.1, 0.15) is 6.42 Å². The van der Waals surface area contributed by atoms with Gasteiger partial charge in [0.2, 0.25) is 17.8 Å². The Bertz CT molecular complexity index is 468. The Morgan fingerprint density at radius 2 is 2.12 bits per heavy atom. The fourth-order valence-electron chi connectivity index (χ4n) is 1.73. The SMILES string of the molecule is NC(=O)C1CC(=O)N(c2cc(N)nc(N)n2)C1. The lowest BCUT2D eigenvalue weighted by Crippen LogP contribution is -2.29. The molecule has 17 heavy (non-hydrogen) atoms. The first-order valence-electron chi connectivity index (χ1n) is 4.97. The highest BCUT2D eigenvalue weighted by atomic mass is 16.2. The van der Waals surface area contributed by atoms with Crippen molar-refractivity contribution in [1.29, 1.82) is 0 Å². The van der Waals surface area contributed by atoms with Gasteiger partial charge in [-0.3, -0.25) is 14.5 Å². The fourth-order valence-corrected chi connectivity index (χ4v) is 1.73. The van der Waals surface area contributed by atoms with Crippen molar-refractivity contribution in [3.8, 4) is 0 Å². The summed E-state index contributed by atoms with van der Waals surface area (Å²) in [5.74, 6) is -0.788. The van der Waals surface area contributed by atoms with Crippen LogP contribution in [-0.2, 0) is 9.59 Å². The quantitative estimate of drug-likeness (QED) is 0.569. The van der Waals surface area contributed by atoms with Gasteiger partial charge < -0.3 is 17.2 Å². The van der Waals surface area contributed by atoms with Gasteiger partial charge in [-0.15, -0.1) is 0 Å². The molecule has 1 aromatic rings. The van der Waals surface area contributed by atoms with Gasteiger partial charge in [-0.05, 0) is 0 Å². The van der Waals surface area contributed by atoms with Crippen LogP contribution in [0, 0.1) is 5.92 Å². The highest BCUT2D eigenvalue weighted by Crippen LogP contribution is 2.24. The average molecular weight is 236 g/mol. The van der Waals surface area contributed by atoms with Gasteiger partial charge in [-0.1, -0.05) is 0 Å². The molecule has 6 N–H and O–H groups in total. The molecule has 8 nitrogen and oxygen atoms in total. The molecule has 0 aromatic carbocycles. The predicted molar refractivity (Wildman–Crippen MR) is 60.5 cm³/mol. The van der Waals surface area contributed by atoms with E-state index in [1.165, 1.54) is 11.0 Å². The van der Waals surface area contributed by atoms with Gasteiger partial charge in [0.15, 0.2) is 0 Å². The Labute approximate surface area is 96.8 Å². The third kappa shape index (κ3) is 2.10. The van der Waals surface area contributed by atoms with Crippen LogP contribution in [0.5, 0.6) is 0 Å². The number of hydrogen-bond acceptors (Lipinski definition) is 6. The number of aromatic nitrogens is 2. The standard InChI is InChI=1S/C9H12N6O2/c10-5-2-6(14-9(12)13-5)15-3-4(8(11)17)1-7(15)16/h2,4H,1,3H2,(H2,11,17)(H4,10,12,13,14). The van der Waals surface area contributed by atoms with Crippen molar-refractivity contribution < 1.29 is 9.59 Å². The average Bonchev–Trinajstić information content (AvgIpc) is 2.59. The predicted octanol–water partition coefficient (Wildman–Crippen LogP) is -1.52. The van der Waals surface area contributed by atoms with Crippen LogP contribution in [-0.4, -0.2) is 28.3 Å². The smallest absolute Gasteiger partial charge is 0.229 e. The van der Waals surface area contributed by atoms with E-state index in [1.54, 1.807) is 0 Å². The lowest BCUT2D eigenvalue weighted by Gasteiger charge is -2.15. The summed E-state index contributed by atoms with van der Waals surface area (Å²) in [4.78, 5) is 31.6. The molecule has 0 saturated carbocycles. The Kier molecular flexibility index (Phi) is 2.54. The molecule has 8 heteroatoms. The highest BCUT2D eigenvalue weighted by Gasteiger charge is 2.34. The number of nitrogen functional groups attached to an aromatic ring is 2. The Hall–Kier alpha value is -2.38. The van der Waals surface area contributed by atoms with Crippen molar-refractivity contribution in [2.24, 2.45) is 11.7 Å². The number of rotatable bonds is 2. The van der Waals surface area contributed by atoms with E-state index in [0.29, 0.717) is 5.82 Å². The molecule has 0 radical (unpaired) electrons. The molecular formula is C9H12N6O2. The fraction of sp³-hybridized carbons (Fsp3) is 0.333. The summed E-state index contributed by atoms with van der Waals surface area (Å²) < 4.78 is 0. The summed E-state index contributed by atoms with van der Waals surface area (Å²) in [6, 6.07) is 1.43. The van der Waals surface area contributed by atoms with Crippen molar-refractivity contribution in [1.82, 2.24) is 9.97 Å². The second-order valence-corrected chi connectivity index (χ2v) is 3.82. The number of nitrogens with zero attached hydrogens (tertiary/aromatic N) is 3. The molecule has 1 aliphatic rings. The minimum absolute atomic E-state index is 0.0182. The zero-order valence-electron chi connectivity index (χ0n) is 8.96. The molecule has 1 unspecified atom stereocenters. The van der Waals surface area contributed by atoms with Gasteiger partial charge in [0, 0.05) is 19.0 Å². The first-order chi connectivity index (χ1) is 7.97. The molecule has 0 bridgehead atoms. The summed E-state index contributed by atoms with van der Waals surface area (Å²) >= 11 is 0. The van der Waals surface area contributed by atoms with E-state index in [0.717, 1.165) is 0 Å². The summed E-state index contributed by atoms with van der Waals surface area (Å²) in [7, 11) is 0. The molecule has 0 spiro atoms. The van der Waals surface area contributed by atoms with Gasteiger partial charge in [0.1, 0.15) is 11.6 Å². The van der Waals surface area contributed by atoms with Crippen LogP contribution in [0.2, 0.25) is 0 Å². The molecule has 2 rings (SSSR count). The first kappa shape index (κ1) is 11.1. The topological polar surface area (TPSA) is 141 Å². The molecule has 90 valence electrons. The Morgan fingerprint density at radius 1 is 1.41 bits per heavy atom. The third-order valence-electron chi connectivity index (χ3n) is 2.55. The third-order valence-corrected chi connectivity index (χ3v) is 2.55. The Morgan fingerprint density at radius 3 is 2.65 bits per heavy atom. The first-order valence-corrected chi connectivity index (χ1v) is 4.97. The van der Waals surface area contributed by atoms with Crippen LogP contribution >= 0.6 is 0 Å². The van der Waals surface area contributed by atoms with Crippen LogP contribution in [0.15, 0.2) is 6.07 Å². The lowest BCUT2D eigenvalue weighted by molar-refractivity contribution is -0.123. The molecule has 1 saturated heterocycles. The van der Waals surface area contributed by atoms with E-state index >= 15 is 0 Å². The summed E-state index contributed by atoms with van der Waals surface area (Å²) in [5, 5.41) is 0. The zero-order chi connectivity index (χ0) is 12.6. The van der Waals surface area contributed by atoms with Crippen LogP contribution < -0.4 is 22.1 Å². The van der Waals surface area contributed by atoms with Crippen molar-refractivity contribution in [3.05, 3.63) is 6.07 Å². The van der Waals surface area contributed by atoms with Crippen LogP contribution in [0.3, 0.4) is 0 Å². The normalized spacial score (nSPS) is 19.6. The summed E-state index contributed by atoms with van der Waals surface area (Å²) in [5.41, 5.74) is 16.1. The maximum atomic E-state index is 11.7. The number of anilines is 3. The van der Waals surface area contributed by atoms with Crippen molar-refractivity contribution in [2.75, 3.05) is 22.9 Å². The van der Waals surface area contributed by atoms with Gasteiger partial charge in [-0.25, -0.2) is 0 Å². The van der Waals surface area contributed by atoms with Crippen LogP contribution in [0.4, 0.5) is 17.6 Å². The van der Waals surface area contributed by atoms with Gasteiger partial charge >= 0.3 is 0 Å². The van der Waals surface area contributed by atoms with Crippen molar-refractivity contribution in [3.63, 3.8) is 0 Å². The molecule has 2 heterocycles. The van der Waals surface area contributed by atoms with Crippen molar-refractivity contribution >= 4 is 29.4 Å². The van der Waals surface area contributed by atoms with Crippen LogP contribution in [0.25, 0.3) is 0 Å². The largest absolute Gasteiger partial charge is 0.383 e. The molecule has 0 aliphatic carbocycles. The number of amides is 2. The van der Waals surface area contributed by atoms with Gasteiger partial charge in [0.05, 0.1) is 5.92 Å². The number of hydrogen-bond donors (Lipinski definition) is 3. The van der Waals surface area contributed by atoms with E-state index in [1.807, 2.05) is 0 Å². The van der Waals surface area contributed by atoms with Gasteiger partial charge in [0.25, 0.3) is 0 Å². The number of carbonyl (C=O) groups excluding carboxylic acids is 2. The van der Waals surface area contributed by atoms with E-state index in [-0.39, 0.29) is 30.6 Å². The number of nitrogens with two attached hydrogens (primary N) is 3. The molecule has 1 fully saturated rings. The minimum atomic E-state index is -0.504. The van der Waals surface area contributed by atoms with E-state index in [2.05, 4.69) is 9.97 Å². The van der Waals surface area contributed by atoms with E-state index < -0.39 is 11.8 Å². The van der Waals surface area contributed by atoms with E-state index in [9.17, 15) is 9.59 Å². The molecule has 1 aliphatic heterocycles. The second kappa shape index (κ2) is 3.89. The number of primary amides is 1. The summed E-state index contributed by atoms with van der Waals surface area (Å²) in [6.45, 7) is 0.198. The molecule has 1 aromatic heterocycles. The lowest BCUT2D eigenvalue weighted by atomic mass is 10.1.